The van der Waals surface area contributed by atoms with E-state index in [1.54, 1.807) is 17.4 Å². The van der Waals surface area contributed by atoms with Gasteiger partial charge in [-0.1, -0.05) is 40.2 Å². The third-order valence-corrected chi connectivity index (χ3v) is 4.64. The van der Waals surface area contributed by atoms with Crippen LogP contribution in [0.25, 0.3) is 0 Å². The van der Waals surface area contributed by atoms with Crippen molar-refractivity contribution in [2.24, 2.45) is 0 Å². The molecule has 1 aromatic heterocycles. The highest BCUT2D eigenvalue weighted by Gasteiger charge is 2.09. The summed E-state index contributed by atoms with van der Waals surface area (Å²) in [6, 6.07) is 11.3. The van der Waals surface area contributed by atoms with E-state index in [4.69, 9.17) is 0 Å². The van der Waals surface area contributed by atoms with Gasteiger partial charge in [-0.25, -0.2) is 4.39 Å². The molecule has 18 heavy (non-hydrogen) atoms. The second-order valence-electron chi connectivity index (χ2n) is 4.36. The monoisotopic (exact) mass is 326 g/mol. The van der Waals surface area contributed by atoms with Crippen LogP contribution in [0, 0.1) is 5.82 Å². The molecule has 0 aliphatic carbocycles. The molecule has 0 spiro atoms. The molecule has 2 aromatic rings. The van der Waals surface area contributed by atoms with Crippen molar-refractivity contribution in [1.29, 1.82) is 0 Å². The van der Waals surface area contributed by atoms with Gasteiger partial charge in [0, 0.05) is 9.70 Å². The minimum absolute atomic E-state index is 0.0970. The van der Waals surface area contributed by atoms with Crippen LogP contribution >= 0.6 is 27.3 Å². The number of thiophene rings is 1. The van der Waals surface area contributed by atoms with Crippen LogP contribution in [0.1, 0.15) is 23.3 Å². The lowest BCUT2D eigenvalue weighted by Crippen LogP contribution is -2.04. The number of halogens is 2. The average molecular weight is 327 g/mol. The van der Waals surface area contributed by atoms with E-state index in [1.807, 2.05) is 12.1 Å². The van der Waals surface area contributed by atoms with Gasteiger partial charge in [0.1, 0.15) is 5.82 Å². The van der Waals surface area contributed by atoms with Gasteiger partial charge in [0.2, 0.25) is 0 Å². The third kappa shape index (κ3) is 4.21. The van der Waals surface area contributed by atoms with E-state index in [-0.39, 0.29) is 5.82 Å². The number of hydrogen-bond acceptors (Lipinski definition) is 1. The lowest BCUT2D eigenvalue weighted by molar-refractivity contribution is 0.600. The number of benzene rings is 1. The number of aryl methyl sites for hydroxylation is 1. The molecule has 0 amide bonds. The highest BCUT2D eigenvalue weighted by atomic mass is 79.9. The summed E-state index contributed by atoms with van der Waals surface area (Å²) in [7, 11) is 0. The van der Waals surface area contributed by atoms with Crippen LogP contribution in [-0.2, 0) is 12.8 Å². The fraction of sp³-hybridized carbons (Fsp3) is 0.333. The summed E-state index contributed by atoms with van der Waals surface area (Å²) in [4.78, 5) is 1.79. The first-order valence-electron chi connectivity index (χ1n) is 6.15. The molecule has 1 heterocycles. The van der Waals surface area contributed by atoms with Crippen molar-refractivity contribution >= 4 is 27.3 Å². The first-order valence-corrected chi connectivity index (χ1v) is 7.95. The zero-order valence-corrected chi connectivity index (χ0v) is 12.5. The molecule has 0 fully saturated rings. The molecule has 0 N–H and O–H groups in total. The Labute approximate surface area is 120 Å². The summed E-state index contributed by atoms with van der Waals surface area (Å²) in [5, 5.41) is 2.11. The minimum atomic E-state index is -0.0970. The normalized spacial score (nSPS) is 12.6. The van der Waals surface area contributed by atoms with Crippen molar-refractivity contribution in [3.63, 3.8) is 0 Å². The summed E-state index contributed by atoms with van der Waals surface area (Å²) >= 11 is 5.46. The Hall–Kier alpha value is -0.670. The van der Waals surface area contributed by atoms with Crippen LogP contribution in [0.4, 0.5) is 4.39 Å². The SMILES string of the molecule is Fc1ccccc1CC(Br)CCCc1cccs1. The van der Waals surface area contributed by atoms with Crippen LogP contribution in [0.3, 0.4) is 0 Å². The van der Waals surface area contributed by atoms with Gasteiger partial charge in [-0.15, -0.1) is 11.3 Å². The fourth-order valence-corrected chi connectivity index (χ4v) is 3.38. The van der Waals surface area contributed by atoms with Crippen LogP contribution in [0.15, 0.2) is 41.8 Å². The highest BCUT2D eigenvalue weighted by molar-refractivity contribution is 9.09. The Kier molecular flexibility index (Phi) is 5.39. The van der Waals surface area contributed by atoms with Gasteiger partial charge in [-0.05, 0) is 48.8 Å². The summed E-state index contributed by atoms with van der Waals surface area (Å²) in [5.74, 6) is -0.0970. The Morgan fingerprint density at radius 1 is 1.17 bits per heavy atom. The van der Waals surface area contributed by atoms with E-state index in [0.717, 1.165) is 31.2 Å². The van der Waals surface area contributed by atoms with Crippen LogP contribution in [-0.4, -0.2) is 4.83 Å². The molecule has 1 aromatic carbocycles. The quantitative estimate of drug-likeness (QED) is 0.639. The Morgan fingerprint density at radius 2 is 2.00 bits per heavy atom. The molecule has 96 valence electrons. The zero-order chi connectivity index (χ0) is 12.8. The maximum atomic E-state index is 13.5. The fourth-order valence-electron chi connectivity index (χ4n) is 1.96. The van der Waals surface area contributed by atoms with Gasteiger partial charge in [0.05, 0.1) is 0 Å². The summed E-state index contributed by atoms with van der Waals surface area (Å²) in [5.41, 5.74) is 0.801. The topological polar surface area (TPSA) is 0 Å². The molecule has 0 nitrogen and oxygen atoms in total. The molecule has 2 rings (SSSR count). The predicted molar refractivity (Wildman–Crippen MR) is 80.1 cm³/mol. The van der Waals surface area contributed by atoms with Crippen LogP contribution in [0.2, 0.25) is 0 Å². The van der Waals surface area contributed by atoms with E-state index in [2.05, 4.69) is 33.4 Å². The predicted octanol–water partition coefficient (Wildman–Crippen LogP) is 5.22. The van der Waals surface area contributed by atoms with E-state index >= 15 is 0 Å². The molecule has 0 bridgehead atoms. The molecular weight excluding hydrogens is 311 g/mol. The number of rotatable bonds is 6. The Balaban J connectivity index is 1.75. The Morgan fingerprint density at radius 3 is 2.72 bits per heavy atom. The molecule has 0 aliphatic heterocycles. The summed E-state index contributed by atoms with van der Waals surface area (Å²) < 4.78 is 13.5. The third-order valence-electron chi connectivity index (χ3n) is 2.92. The van der Waals surface area contributed by atoms with Gasteiger partial charge in [-0.2, -0.15) is 0 Å². The van der Waals surface area contributed by atoms with Gasteiger partial charge in [0.25, 0.3) is 0 Å². The average Bonchev–Trinajstić information content (AvgIpc) is 2.85. The van der Waals surface area contributed by atoms with Crippen LogP contribution in [0.5, 0.6) is 0 Å². The molecular formula is C15H16BrFS. The summed E-state index contributed by atoms with van der Waals surface area (Å²) in [6.45, 7) is 0. The van der Waals surface area contributed by atoms with Gasteiger partial charge >= 0.3 is 0 Å². The van der Waals surface area contributed by atoms with Crippen molar-refractivity contribution < 1.29 is 4.39 Å². The molecule has 0 radical (unpaired) electrons. The zero-order valence-electron chi connectivity index (χ0n) is 10.1. The molecule has 0 aliphatic rings. The largest absolute Gasteiger partial charge is 0.207 e. The smallest absolute Gasteiger partial charge is 0.126 e. The Bertz CT molecular complexity index is 467. The second-order valence-corrected chi connectivity index (χ2v) is 6.69. The van der Waals surface area contributed by atoms with Crippen molar-refractivity contribution in [2.45, 2.75) is 30.5 Å². The lowest BCUT2D eigenvalue weighted by Gasteiger charge is -2.10. The number of alkyl halides is 1. The van der Waals surface area contributed by atoms with E-state index in [1.165, 1.54) is 10.9 Å². The molecule has 3 heteroatoms. The van der Waals surface area contributed by atoms with Crippen molar-refractivity contribution in [2.75, 3.05) is 0 Å². The second kappa shape index (κ2) is 7.05. The highest BCUT2D eigenvalue weighted by Crippen LogP contribution is 2.19. The summed E-state index contributed by atoms with van der Waals surface area (Å²) in [6.07, 6.45) is 4.10. The molecule has 1 atom stereocenters. The van der Waals surface area contributed by atoms with Gasteiger partial charge < -0.3 is 0 Å². The van der Waals surface area contributed by atoms with E-state index < -0.39 is 0 Å². The lowest BCUT2D eigenvalue weighted by atomic mass is 10.1. The molecule has 0 saturated carbocycles. The number of hydrogen-bond donors (Lipinski definition) is 0. The maximum absolute atomic E-state index is 13.5. The maximum Gasteiger partial charge on any atom is 0.126 e. The van der Waals surface area contributed by atoms with Crippen molar-refractivity contribution in [3.8, 4) is 0 Å². The standard InChI is InChI=1S/C15H16BrFS/c16-13(6-3-7-14-8-4-10-18-14)11-12-5-1-2-9-15(12)17/h1-2,4-5,8-10,13H,3,6-7,11H2. The minimum Gasteiger partial charge on any atom is -0.207 e. The van der Waals surface area contributed by atoms with Crippen molar-refractivity contribution in [3.05, 3.63) is 58.0 Å². The first kappa shape index (κ1) is 13.8. The molecule has 0 saturated heterocycles. The molecule has 1 unspecified atom stereocenters. The van der Waals surface area contributed by atoms with Crippen molar-refractivity contribution in [1.82, 2.24) is 0 Å². The first-order chi connectivity index (χ1) is 8.75. The van der Waals surface area contributed by atoms with Gasteiger partial charge in [0.15, 0.2) is 0 Å². The van der Waals surface area contributed by atoms with Crippen LogP contribution < -0.4 is 0 Å². The van der Waals surface area contributed by atoms with E-state index in [0.29, 0.717) is 4.83 Å². The van der Waals surface area contributed by atoms with E-state index in [9.17, 15) is 4.39 Å². The van der Waals surface area contributed by atoms with Gasteiger partial charge in [-0.3, -0.25) is 0 Å².